The van der Waals surface area contributed by atoms with Crippen molar-refractivity contribution in [3.8, 4) is 0 Å². The number of amides is 2. The van der Waals surface area contributed by atoms with Gasteiger partial charge in [-0.05, 0) is 54.7 Å². The SMILES string of the molecule is O=C(CCc1ccccc1)NC1CCN(c2ccccc2C(=O)NCc2cccc(C(F)(F)F)c2)CC1. The molecule has 4 rings (SSSR count). The summed E-state index contributed by atoms with van der Waals surface area (Å²) in [4.78, 5) is 27.5. The Morgan fingerprint density at radius 3 is 2.27 bits per heavy atom. The zero-order chi connectivity index (χ0) is 26.3. The summed E-state index contributed by atoms with van der Waals surface area (Å²) in [6.07, 6.45) is -1.76. The number of rotatable bonds is 8. The highest BCUT2D eigenvalue weighted by atomic mass is 19.4. The monoisotopic (exact) mass is 509 g/mol. The molecule has 1 aliphatic heterocycles. The summed E-state index contributed by atoms with van der Waals surface area (Å²) in [5, 5.41) is 5.87. The number of hydrogen-bond donors (Lipinski definition) is 2. The van der Waals surface area contributed by atoms with Crippen LogP contribution in [0.25, 0.3) is 0 Å². The van der Waals surface area contributed by atoms with Crippen molar-refractivity contribution in [2.24, 2.45) is 0 Å². The van der Waals surface area contributed by atoms with Crippen LogP contribution in [0, 0.1) is 0 Å². The third-order valence-electron chi connectivity index (χ3n) is 6.54. The van der Waals surface area contributed by atoms with Gasteiger partial charge in [0.25, 0.3) is 5.91 Å². The molecule has 0 atom stereocenters. The fourth-order valence-electron chi connectivity index (χ4n) is 4.54. The second-order valence-corrected chi connectivity index (χ2v) is 9.21. The molecule has 2 amide bonds. The van der Waals surface area contributed by atoms with Crippen LogP contribution < -0.4 is 15.5 Å². The maximum atomic E-state index is 13.0. The standard InChI is InChI=1S/C29H30F3N3O2/c30-29(31,32)23-10-6-9-22(19-23)20-33-28(37)25-11-4-5-12-26(25)35-17-15-24(16-18-35)34-27(36)14-13-21-7-2-1-3-8-21/h1-12,19,24H,13-18,20H2,(H,33,37)(H,34,36). The zero-order valence-electron chi connectivity index (χ0n) is 20.4. The second kappa shape index (κ2) is 12.0. The first-order chi connectivity index (χ1) is 17.8. The number of carbonyl (C=O) groups excluding carboxylic acids is 2. The van der Waals surface area contributed by atoms with Crippen LogP contribution in [-0.2, 0) is 23.9 Å². The van der Waals surface area contributed by atoms with Crippen molar-refractivity contribution in [1.29, 1.82) is 0 Å². The van der Waals surface area contributed by atoms with E-state index in [0.29, 0.717) is 37.1 Å². The number of nitrogens with zero attached hydrogens (tertiary/aromatic N) is 1. The van der Waals surface area contributed by atoms with Crippen molar-refractivity contribution in [2.75, 3.05) is 18.0 Å². The van der Waals surface area contributed by atoms with Gasteiger partial charge in [0.1, 0.15) is 0 Å². The number of benzene rings is 3. The van der Waals surface area contributed by atoms with Gasteiger partial charge in [-0.25, -0.2) is 0 Å². The minimum Gasteiger partial charge on any atom is -0.371 e. The molecular formula is C29H30F3N3O2. The number of alkyl halides is 3. The van der Waals surface area contributed by atoms with Crippen LogP contribution in [0.15, 0.2) is 78.9 Å². The second-order valence-electron chi connectivity index (χ2n) is 9.21. The van der Waals surface area contributed by atoms with Crippen molar-refractivity contribution in [2.45, 2.75) is 44.4 Å². The molecule has 1 heterocycles. The van der Waals surface area contributed by atoms with E-state index in [9.17, 15) is 22.8 Å². The first-order valence-electron chi connectivity index (χ1n) is 12.4. The molecular weight excluding hydrogens is 479 g/mol. The highest BCUT2D eigenvalue weighted by Crippen LogP contribution is 2.29. The summed E-state index contributed by atoms with van der Waals surface area (Å²) in [5.41, 5.74) is 2.02. The molecule has 0 unspecified atom stereocenters. The molecule has 5 nitrogen and oxygen atoms in total. The van der Waals surface area contributed by atoms with Crippen molar-refractivity contribution >= 4 is 17.5 Å². The molecule has 0 saturated carbocycles. The first kappa shape index (κ1) is 26.3. The molecule has 8 heteroatoms. The average molecular weight is 510 g/mol. The number of piperidine rings is 1. The summed E-state index contributed by atoms with van der Waals surface area (Å²) in [6, 6.07) is 22.2. The van der Waals surface area contributed by atoms with Crippen LogP contribution in [-0.4, -0.2) is 30.9 Å². The Labute approximate surface area is 214 Å². The lowest BCUT2D eigenvalue weighted by Crippen LogP contribution is -2.45. The van der Waals surface area contributed by atoms with Crippen LogP contribution in [0.1, 0.15) is 46.3 Å². The van der Waals surface area contributed by atoms with E-state index in [0.717, 1.165) is 36.2 Å². The van der Waals surface area contributed by atoms with Gasteiger partial charge in [-0.3, -0.25) is 9.59 Å². The number of hydrogen-bond acceptors (Lipinski definition) is 3. The summed E-state index contributed by atoms with van der Waals surface area (Å²) in [5.74, 6) is -0.305. The zero-order valence-corrected chi connectivity index (χ0v) is 20.4. The minimum absolute atomic E-state index is 0.00578. The molecule has 0 aliphatic carbocycles. The van der Waals surface area contributed by atoms with E-state index in [2.05, 4.69) is 15.5 Å². The van der Waals surface area contributed by atoms with Gasteiger partial charge in [-0.1, -0.05) is 54.6 Å². The number of nitrogens with one attached hydrogen (secondary N) is 2. The van der Waals surface area contributed by atoms with Crippen molar-refractivity contribution in [3.05, 3.63) is 101 Å². The van der Waals surface area contributed by atoms with Crippen LogP contribution in [0.3, 0.4) is 0 Å². The van der Waals surface area contributed by atoms with E-state index in [1.807, 2.05) is 42.5 Å². The number of aryl methyl sites for hydroxylation is 1. The van der Waals surface area contributed by atoms with Gasteiger partial charge in [0.15, 0.2) is 0 Å². The van der Waals surface area contributed by atoms with Gasteiger partial charge < -0.3 is 15.5 Å². The maximum Gasteiger partial charge on any atom is 0.416 e. The number of anilines is 1. The first-order valence-corrected chi connectivity index (χ1v) is 12.4. The van der Waals surface area contributed by atoms with Crippen molar-refractivity contribution in [3.63, 3.8) is 0 Å². The van der Waals surface area contributed by atoms with Crippen molar-refractivity contribution < 1.29 is 22.8 Å². The Morgan fingerprint density at radius 1 is 0.865 bits per heavy atom. The van der Waals surface area contributed by atoms with E-state index in [-0.39, 0.29) is 24.4 Å². The Hall–Kier alpha value is -3.81. The lowest BCUT2D eigenvalue weighted by atomic mass is 10.0. The van der Waals surface area contributed by atoms with E-state index in [4.69, 9.17) is 0 Å². The number of carbonyl (C=O) groups is 2. The smallest absolute Gasteiger partial charge is 0.371 e. The Kier molecular flexibility index (Phi) is 8.48. The van der Waals surface area contributed by atoms with Gasteiger partial charge in [-0.2, -0.15) is 13.2 Å². The van der Waals surface area contributed by atoms with Crippen LogP contribution in [0.2, 0.25) is 0 Å². The number of para-hydroxylation sites is 1. The molecule has 1 fully saturated rings. The predicted octanol–water partition coefficient (Wildman–Crippen LogP) is 5.35. The Balaban J connectivity index is 1.30. The summed E-state index contributed by atoms with van der Waals surface area (Å²) in [7, 11) is 0. The fourth-order valence-corrected chi connectivity index (χ4v) is 4.54. The molecule has 0 spiro atoms. The van der Waals surface area contributed by atoms with Gasteiger partial charge >= 0.3 is 6.18 Å². The molecule has 1 aliphatic rings. The fraction of sp³-hybridized carbons (Fsp3) is 0.310. The minimum atomic E-state index is -4.43. The quantitative estimate of drug-likeness (QED) is 0.430. The third-order valence-corrected chi connectivity index (χ3v) is 6.54. The lowest BCUT2D eigenvalue weighted by molar-refractivity contribution is -0.137. The lowest BCUT2D eigenvalue weighted by Gasteiger charge is -2.35. The molecule has 37 heavy (non-hydrogen) atoms. The number of halogens is 3. The van der Waals surface area contributed by atoms with E-state index < -0.39 is 11.7 Å². The highest BCUT2D eigenvalue weighted by molar-refractivity contribution is 5.99. The molecule has 3 aromatic carbocycles. The normalized spacial score (nSPS) is 14.3. The molecule has 0 radical (unpaired) electrons. The average Bonchev–Trinajstić information content (AvgIpc) is 2.91. The highest BCUT2D eigenvalue weighted by Gasteiger charge is 2.30. The predicted molar refractivity (Wildman–Crippen MR) is 137 cm³/mol. The Bertz CT molecular complexity index is 1210. The van der Waals surface area contributed by atoms with Gasteiger partial charge in [0, 0.05) is 37.8 Å². The Morgan fingerprint density at radius 2 is 1.54 bits per heavy atom. The summed E-state index contributed by atoms with van der Waals surface area (Å²) >= 11 is 0. The van der Waals surface area contributed by atoms with Crippen molar-refractivity contribution in [1.82, 2.24) is 10.6 Å². The van der Waals surface area contributed by atoms with Crippen LogP contribution in [0.5, 0.6) is 0 Å². The molecule has 0 bridgehead atoms. The van der Waals surface area contributed by atoms with E-state index in [1.54, 1.807) is 18.2 Å². The largest absolute Gasteiger partial charge is 0.416 e. The van der Waals surface area contributed by atoms with Gasteiger partial charge in [-0.15, -0.1) is 0 Å². The topological polar surface area (TPSA) is 61.4 Å². The van der Waals surface area contributed by atoms with E-state index in [1.165, 1.54) is 6.07 Å². The maximum absolute atomic E-state index is 13.0. The van der Waals surface area contributed by atoms with Crippen LogP contribution in [0.4, 0.5) is 18.9 Å². The van der Waals surface area contributed by atoms with Crippen LogP contribution >= 0.6 is 0 Å². The molecule has 2 N–H and O–H groups in total. The van der Waals surface area contributed by atoms with Gasteiger partial charge in [0.2, 0.25) is 5.91 Å². The summed E-state index contributed by atoms with van der Waals surface area (Å²) < 4.78 is 38.9. The third kappa shape index (κ3) is 7.35. The molecule has 3 aromatic rings. The molecule has 194 valence electrons. The summed E-state index contributed by atoms with van der Waals surface area (Å²) in [6.45, 7) is 1.36. The van der Waals surface area contributed by atoms with Gasteiger partial charge in [0.05, 0.1) is 11.1 Å². The van der Waals surface area contributed by atoms with E-state index >= 15 is 0 Å². The molecule has 1 saturated heterocycles. The molecule has 0 aromatic heterocycles.